The van der Waals surface area contributed by atoms with Crippen LogP contribution in [0.5, 0.6) is 0 Å². The van der Waals surface area contributed by atoms with Crippen molar-refractivity contribution in [3.8, 4) is 0 Å². The van der Waals surface area contributed by atoms with Crippen LogP contribution in [0.4, 0.5) is 0 Å². The number of hydrogen-bond donors (Lipinski definition) is 1. The maximum absolute atomic E-state index is 11.1. The van der Waals surface area contributed by atoms with E-state index in [9.17, 15) is 4.21 Å². The summed E-state index contributed by atoms with van der Waals surface area (Å²) in [6, 6.07) is 0. The Bertz CT molecular complexity index is 188. The van der Waals surface area contributed by atoms with Gasteiger partial charge in [0.1, 0.15) is 0 Å². The van der Waals surface area contributed by atoms with Gasteiger partial charge in [-0.1, -0.05) is 18.1 Å². The largest absolute Gasteiger partial charge is 0.327 e. The second kappa shape index (κ2) is 4.17. The smallest absolute Gasteiger partial charge is 0.0292 e. The van der Waals surface area contributed by atoms with Crippen LogP contribution in [0.25, 0.3) is 0 Å². The first-order valence-corrected chi connectivity index (χ1v) is 5.00. The number of rotatable bonds is 0. The van der Waals surface area contributed by atoms with Gasteiger partial charge in [0, 0.05) is 48.2 Å². The molecule has 1 radical (unpaired) electrons. The third-order valence-corrected chi connectivity index (χ3v) is 3.97. The van der Waals surface area contributed by atoms with Crippen LogP contribution in [0.15, 0.2) is 0 Å². The predicted molar refractivity (Wildman–Crippen MR) is 38.7 cm³/mol. The summed E-state index contributed by atoms with van der Waals surface area (Å²) in [5.74, 6) is 0.571. The Morgan fingerprint density at radius 3 is 2.40 bits per heavy atom. The van der Waals surface area contributed by atoms with Gasteiger partial charge < -0.3 is 6.92 Å². The van der Waals surface area contributed by atoms with Crippen LogP contribution in [-0.4, -0.2) is 15.2 Å². The van der Waals surface area contributed by atoms with Gasteiger partial charge in [0.05, 0.1) is 0 Å². The topological polar surface area (TPSA) is 40.9 Å². The Kier molecular flexibility index (Phi) is 4.61. The quantitative estimate of drug-likeness (QED) is 0.634. The van der Waals surface area contributed by atoms with Crippen molar-refractivity contribution in [2.75, 3.05) is 5.75 Å². The molecule has 10 heavy (non-hydrogen) atoms. The fraction of sp³-hybridized carbons (Fsp3) is 0.833. The van der Waals surface area contributed by atoms with Crippen LogP contribution in [0, 0.1) is 11.7 Å². The van der Waals surface area contributed by atoms with Gasteiger partial charge in [-0.2, -0.15) is 0 Å². The van der Waals surface area contributed by atoms with Gasteiger partial charge in [-0.25, -0.2) is 0 Å². The van der Waals surface area contributed by atoms with E-state index in [1.54, 1.807) is 0 Å². The van der Waals surface area contributed by atoms with Crippen molar-refractivity contribution in [1.82, 2.24) is 0 Å². The van der Waals surface area contributed by atoms with Gasteiger partial charge >= 0.3 is 0 Å². The van der Waals surface area contributed by atoms with Crippen LogP contribution >= 0.6 is 0 Å². The van der Waals surface area contributed by atoms with Gasteiger partial charge in [-0.05, 0) is 6.42 Å². The molecule has 0 spiro atoms. The van der Waals surface area contributed by atoms with E-state index < -0.39 is 9.73 Å². The maximum atomic E-state index is 11.1. The molecule has 1 fully saturated rings. The van der Waals surface area contributed by atoms with E-state index in [0.717, 1.165) is 19.3 Å². The molecule has 1 N–H and O–H groups in total. The summed E-state index contributed by atoms with van der Waals surface area (Å²) in [6.07, 6.45) is 2.93. The van der Waals surface area contributed by atoms with E-state index in [1.807, 2.05) is 0 Å². The molecule has 2 nitrogen and oxygen atoms in total. The van der Waals surface area contributed by atoms with Crippen molar-refractivity contribution in [3.63, 3.8) is 0 Å². The second-order valence-corrected chi connectivity index (χ2v) is 5.08. The average molecular weight is 235 g/mol. The molecule has 1 aliphatic rings. The molecule has 1 heterocycles. The van der Waals surface area contributed by atoms with Crippen LogP contribution < -0.4 is 0 Å². The van der Waals surface area contributed by atoms with Crippen LogP contribution in [0.1, 0.15) is 19.3 Å². The van der Waals surface area contributed by atoms with E-state index in [0.29, 0.717) is 5.75 Å². The molecular weight excluding hydrogens is 223 g/mol. The SMILES string of the molecule is [CH2-]C1CCCCS1(=N)=O.[Y]. The molecule has 0 aromatic rings. The minimum absolute atomic E-state index is 0. The summed E-state index contributed by atoms with van der Waals surface area (Å²) in [7, 11) is -2.27. The first-order valence-electron chi connectivity index (χ1n) is 3.21. The van der Waals surface area contributed by atoms with E-state index >= 15 is 0 Å². The zero-order valence-electron chi connectivity index (χ0n) is 6.01. The molecule has 4 heteroatoms. The second-order valence-electron chi connectivity index (χ2n) is 2.55. The summed E-state index contributed by atoms with van der Waals surface area (Å²) in [5.41, 5.74) is 0. The molecule has 0 aliphatic carbocycles. The number of nitrogens with one attached hydrogen (secondary N) is 1. The van der Waals surface area contributed by atoms with Gasteiger partial charge in [0.15, 0.2) is 0 Å². The monoisotopic (exact) mass is 235 g/mol. The first kappa shape index (κ1) is 11.1. The van der Waals surface area contributed by atoms with Gasteiger partial charge in [0.2, 0.25) is 0 Å². The van der Waals surface area contributed by atoms with Crippen molar-refractivity contribution in [2.45, 2.75) is 24.5 Å². The fourth-order valence-electron chi connectivity index (χ4n) is 1.05. The summed E-state index contributed by atoms with van der Waals surface area (Å²) in [5, 5.41) is -0.105. The molecule has 2 atom stereocenters. The first-order chi connectivity index (χ1) is 4.13. The van der Waals surface area contributed by atoms with E-state index in [4.69, 9.17) is 4.78 Å². The minimum Gasteiger partial charge on any atom is -0.327 e. The Morgan fingerprint density at radius 1 is 1.50 bits per heavy atom. The third kappa shape index (κ3) is 2.59. The summed E-state index contributed by atoms with van der Waals surface area (Å²) in [6.45, 7) is 3.69. The number of hydrogen-bond acceptors (Lipinski definition) is 2. The molecule has 0 aromatic heterocycles. The molecule has 1 rings (SSSR count). The molecule has 0 aromatic carbocycles. The molecule has 0 bridgehead atoms. The van der Waals surface area contributed by atoms with Crippen molar-refractivity contribution < 1.29 is 36.9 Å². The molecular formula is C6H12NOSY-. The van der Waals surface area contributed by atoms with Crippen molar-refractivity contribution >= 4 is 9.73 Å². The minimum atomic E-state index is -2.27. The molecule has 57 valence electrons. The Balaban J connectivity index is 0.000000810. The van der Waals surface area contributed by atoms with Crippen LogP contribution in [0.3, 0.4) is 0 Å². The Morgan fingerprint density at radius 2 is 2.10 bits per heavy atom. The van der Waals surface area contributed by atoms with Crippen LogP contribution in [-0.2, 0) is 42.4 Å². The summed E-state index contributed by atoms with van der Waals surface area (Å²) < 4.78 is 18.4. The predicted octanol–water partition coefficient (Wildman–Crippen LogP) is 1.42. The van der Waals surface area contributed by atoms with E-state index in [-0.39, 0.29) is 38.0 Å². The Hall–Kier alpha value is 1.05. The molecule has 0 saturated carbocycles. The van der Waals surface area contributed by atoms with Gasteiger partial charge in [0.25, 0.3) is 0 Å². The van der Waals surface area contributed by atoms with Gasteiger partial charge in [-0.15, -0.1) is 0 Å². The fourth-order valence-corrected chi connectivity index (χ4v) is 2.56. The van der Waals surface area contributed by atoms with Crippen molar-refractivity contribution in [2.24, 2.45) is 0 Å². The maximum Gasteiger partial charge on any atom is 0.0292 e. The third-order valence-electron chi connectivity index (χ3n) is 1.76. The zero-order chi connectivity index (χ0) is 6.91. The normalized spacial score (nSPS) is 40.3. The summed E-state index contributed by atoms with van der Waals surface area (Å²) >= 11 is 0. The zero-order valence-corrected chi connectivity index (χ0v) is 9.66. The summed E-state index contributed by atoms with van der Waals surface area (Å²) in [4.78, 5) is 0. The molecule has 1 aliphatic heterocycles. The molecule has 2 unspecified atom stereocenters. The average Bonchev–Trinajstić information content (AvgIpc) is 1.77. The van der Waals surface area contributed by atoms with Crippen molar-refractivity contribution in [1.29, 1.82) is 4.78 Å². The van der Waals surface area contributed by atoms with E-state index in [2.05, 4.69) is 6.92 Å². The molecule has 1 saturated heterocycles. The van der Waals surface area contributed by atoms with E-state index in [1.165, 1.54) is 0 Å². The van der Waals surface area contributed by atoms with Crippen molar-refractivity contribution in [3.05, 3.63) is 6.92 Å². The molecule has 0 amide bonds. The van der Waals surface area contributed by atoms with Crippen LogP contribution in [0.2, 0.25) is 0 Å². The Labute approximate surface area is 88.0 Å². The standard InChI is InChI=1S/C6H12NOS.Y/c1-6-4-2-3-5-9(6,7)8;/h6-7H,1-5H2;/q-1;. The van der Waals surface area contributed by atoms with Gasteiger partial charge in [-0.3, -0.25) is 8.99 Å².